The molecule has 2 atom stereocenters. The van der Waals surface area contributed by atoms with Gasteiger partial charge >= 0.3 is 0 Å². The molecule has 6 aromatic rings. The van der Waals surface area contributed by atoms with Crippen molar-refractivity contribution in [3.05, 3.63) is 130 Å². The lowest BCUT2D eigenvalue weighted by molar-refractivity contribution is 0.0272. The van der Waals surface area contributed by atoms with Crippen molar-refractivity contribution in [1.29, 1.82) is 0 Å². The zero-order chi connectivity index (χ0) is 31.9. The molecule has 1 fully saturated rings. The Bertz CT molecular complexity index is 2000. The molecule has 0 spiro atoms. The summed E-state index contributed by atoms with van der Waals surface area (Å²) in [5.74, 6) is -0.206. The number of rotatable bonds is 4. The number of carbonyl (C=O) groups excluding carboxylic acids is 2. The minimum absolute atomic E-state index is 0.103. The van der Waals surface area contributed by atoms with Crippen LogP contribution in [-0.4, -0.2) is 56.8 Å². The van der Waals surface area contributed by atoms with E-state index in [1.807, 2.05) is 133 Å². The molecule has 2 unspecified atom stereocenters. The third-order valence-corrected chi connectivity index (χ3v) is 9.36. The molecule has 0 radical (unpaired) electrons. The van der Waals surface area contributed by atoms with Crippen LogP contribution in [0.25, 0.3) is 44.3 Å². The van der Waals surface area contributed by atoms with Crippen molar-refractivity contribution < 1.29 is 9.59 Å². The van der Waals surface area contributed by atoms with Crippen LogP contribution in [0.3, 0.4) is 0 Å². The molecule has 228 valence electrons. The van der Waals surface area contributed by atoms with E-state index in [-0.39, 0.29) is 23.9 Å². The van der Waals surface area contributed by atoms with Crippen LogP contribution in [0.4, 0.5) is 0 Å². The van der Waals surface area contributed by atoms with Gasteiger partial charge < -0.3 is 9.80 Å². The topological polar surface area (TPSA) is 66.4 Å². The number of nitrogens with zero attached hydrogens (tertiary/aromatic N) is 4. The first-order valence-corrected chi connectivity index (χ1v) is 16.0. The first-order valence-electron chi connectivity index (χ1n) is 15.2. The molecule has 8 heteroatoms. The second kappa shape index (κ2) is 12.2. The summed E-state index contributed by atoms with van der Waals surface area (Å²) in [6, 6.07) is 33.5. The summed E-state index contributed by atoms with van der Waals surface area (Å²) in [6.07, 6.45) is 0. The minimum Gasteiger partial charge on any atom is -0.332 e. The molecule has 0 aliphatic carbocycles. The quantitative estimate of drug-likeness (QED) is 0.192. The van der Waals surface area contributed by atoms with Gasteiger partial charge in [0.25, 0.3) is 11.8 Å². The van der Waals surface area contributed by atoms with Crippen LogP contribution < -0.4 is 0 Å². The molecule has 0 N–H and O–H groups in total. The maximum absolute atomic E-state index is 14.3. The Hall–Kier alpha value is -4.78. The largest absolute Gasteiger partial charge is 0.332 e. The molecular weight excluding hydrogens is 615 g/mol. The molecule has 1 aliphatic heterocycles. The lowest BCUT2D eigenvalue weighted by Gasteiger charge is -2.44. The fourth-order valence-electron chi connectivity index (χ4n) is 6.32. The third-order valence-electron chi connectivity index (χ3n) is 8.70. The summed E-state index contributed by atoms with van der Waals surface area (Å²) in [4.78, 5) is 42.1. The number of hydrogen-bond donors (Lipinski definition) is 0. The molecular formula is C38H30Cl2N4O2. The number of piperazine rings is 1. The second-order valence-corrected chi connectivity index (χ2v) is 12.5. The van der Waals surface area contributed by atoms with Gasteiger partial charge in [-0.1, -0.05) is 96.0 Å². The predicted octanol–water partition coefficient (Wildman–Crippen LogP) is 8.80. The maximum Gasteiger partial charge on any atom is 0.254 e. The summed E-state index contributed by atoms with van der Waals surface area (Å²) >= 11 is 13.1. The fraction of sp³-hybridized carbons (Fsp3) is 0.158. The molecule has 1 aliphatic rings. The molecule has 46 heavy (non-hydrogen) atoms. The highest BCUT2D eigenvalue weighted by Gasteiger charge is 2.36. The van der Waals surface area contributed by atoms with Crippen molar-refractivity contribution in [2.45, 2.75) is 25.9 Å². The van der Waals surface area contributed by atoms with Gasteiger partial charge in [0, 0.05) is 57.1 Å². The van der Waals surface area contributed by atoms with Crippen molar-refractivity contribution in [2.24, 2.45) is 0 Å². The molecule has 2 aromatic heterocycles. The third kappa shape index (κ3) is 5.38. The van der Waals surface area contributed by atoms with Gasteiger partial charge in [0.1, 0.15) is 0 Å². The molecule has 2 amide bonds. The second-order valence-electron chi connectivity index (χ2n) is 11.7. The summed E-state index contributed by atoms with van der Waals surface area (Å²) in [5.41, 5.74) is 5.37. The number of para-hydroxylation sites is 2. The lowest BCUT2D eigenvalue weighted by atomic mass is 9.99. The van der Waals surface area contributed by atoms with E-state index in [0.29, 0.717) is 45.6 Å². The highest BCUT2D eigenvalue weighted by atomic mass is 35.5. The normalized spacial score (nSPS) is 16.6. The molecule has 0 bridgehead atoms. The number of amides is 2. The Balaban J connectivity index is 1.22. The van der Waals surface area contributed by atoms with E-state index in [2.05, 4.69) is 0 Å². The van der Waals surface area contributed by atoms with Gasteiger partial charge in [0.05, 0.1) is 33.5 Å². The maximum atomic E-state index is 14.3. The van der Waals surface area contributed by atoms with Crippen LogP contribution in [0.2, 0.25) is 10.0 Å². The van der Waals surface area contributed by atoms with E-state index in [1.165, 1.54) is 0 Å². The van der Waals surface area contributed by atoms with E-state index >= 15 is 0 Å². The van der Waals surface area contributed by atoms with Gasteiger partial charge in [-0.25, -0.2) is 9.97 Å². The average molecular weight is 646 g/mol. The Labute approximate surface area is 277 Å². The smallest absolute Gasteiger partial charge is 0.254 e. The summed E-state index contributed by atoms with van der Waals surface area (Å²) in [5, 5.41) is 2.69. The van der Waals surface area contributed by atoms with Crippen molar-refractivity contribution in [2.75, 3.05) is 13.1 Å². The number of fused-ring (bicyclic) bond motifs is 2. The summed E-state index contributed by atoms with van der Waals surface area (Å²) in [7, 11) is 0. The van der Waals surface area contributed by atoms with Crippen molar-refractivity contribution in [1.82, 2.24) is 19.8 Å². The SMILES string of the molecule is CC1CN(C(=O)c2cc(-c3ccccc3Cl)nc3ccccc23)C(C)CN1C(=O)c1cc(-c2ccccc2Cl)nc2ccccc12. The van der Waals surface area contributed by atoms with E-state index in [9.17, 15) is 9.59 Å². The molecule has 7 rings (SSSR count). The van der Waals surface area contributed by atoms with Crippen molar-refractivity contribution in [3.63, 3.8) is 0 Å². The van der Waals surface area contributed by atoms with E-state index in [4.69, 9.17) is 33.2 Å². The van der Waals surface area contributed by atoms with Gasteiger partial charge in [-0.05, 0) is 50.2 Å². The average Bonchev–Trinajstić information content (AvgIpc) is 3.08. The molecule has 1 saturated heterocycles. The van der Waals surface area contributed by atoms with Crippen LogP contribution >= 0.6 is 23.2 Å². The number of pyridine rings is 2. The predicted molar refractivity (Wildman–Crippen MR) is 185 cm³/mol. The Morgan fingerprint density at radius 1 is 0.587 bits per heavy atom. The Morgan fingerprint density at radius 2 is 0.957 bits per heavy atom. The Kier molecular flexibility index (Phi) is 7.93. The van der Waals surface area contributed by atoms with Gasteiger partial charge in [-0.3, -0.25) is 9.59 Å². The van der Waals surface area contributed by atoms with Gasteiger partial charge in [0.15, 0.2) is 0 Å². The molecule has 4 aromatic carbocycles. The monoisotopic (exact) mass is 644 g/mol. The summed E-state index contributed by atoms with van der Waals surface area (Å²) in [6.45, 7) is 4.74. The first kappa shape index (κ1) is 29.9. The standard InChI is InChI=1S/C38H30Cl2N4O2/c1-23-21-44(38(46)30-20-36(28-14-4-8-16-32(28)40)42-34-18-10-6-12-26(30)34)24(2)22-43(23)37(45)29-19-35(27-13-3-7-15-31(27)39)41-33-17-9-5-11-25(29)33/h3-20,23-24H,21-22H2,1-2H3. The zero-order valence-electron chi connectivity index (χ0n) is 25.3. The van der Waals surface area contributed by atoms with Crippen LogP contribution in [0.5, 0.6) is 0 Å². The lowest BCUT2D eigenvalue weighted by Crippen LogP contribution is -2.59. The number of aromatic nitrogens is 2. The molecule has 6 nitrogen and oxygen atoms in total. The van der Waals surface area contributed by atoms with Crippen molar-refractivity contribution in [3.8, 4) is 22.5 Å². The summed E-state index contributed by atoms with van der Waals surface area (Å²) < 4.78 is 0. The first-order chi connectivity index (χ1) is 22.3. The Morgan fingerprint density at radius 3 is 1.37 bits per heavy atom. The minimum atomic E-state index is -0.237. The molecule has 3 heterocycles. The van der Waals surface area contributed by atoms with Crippen LogP contribution in [0.1, 0.15) is 34.6 Å². The fourth-order valence-corrected chi connectivity index (χ4v) is 6.79. The van der Waals surface area contributed by atoms with Crippen LogP contribution in [0.15, 0.2) is 109 Å². The van der Waals surface area contributed by atoms with Gasteiger partial charge in [0.2, 0.25) is 0 Å². The van der Waals surface area contributed by atoms with E-state index < -0.39 is 0 Å². The van der Waals surface area contributed by atoms with Gasteiger partial charge in [-0.15, -0.1) is 0 Å². The van der Waals surface area contributed by atoms with Crippen LogP contribution in [0, 0.1) is 0 Å². The van der Waals surface area contributed by atoms with E-state index in [1.54, 1.807) is 0 Å². The number of carbonyl (C=O) groups is 2. The van der Waals surface area contributed by atoms with E-state index in [0.717, 1.165) is 32.9 Å². The highest BCUT2D eigenvalue weighted by Crippen LogP contribution is 2.33. The van der Waals surface area contributed by atoms with Gasteiger partial charge in [-0.2, -0.15) is 0 Å². The number of hydrogen-bond acceptors (Lipinski definition) is 4. The van der Waals surface area contributed by atoms with Crippen molar-refractivity contribution >= 4 is 56.8 Å². The number of halogens is 2. The zero-order valence-corrected chi connectivity index (χ0v) is 26.8. The number of benzene rings is 4. The highest BCUT2D eigenvalue weighted by molar-refractivity contribution is 6.33. The molecule has 0 saturated carbocycles. The van der Waals surface area contributed by atoms with Crippen LogP contribution in [-0.2, 0) is 0 Å².